The second-order valence-electron chi connectivity index (χ2n) is 4.69. The molecule has 0 aromatic carbocycles. The van der Waals surface area contributed by atoms with Crippen molar-refractivity contribution in [3.63, 3.8) is 0 Å². The molecule has 3 heteroatoms. The lowest BCUT2D eigenvalue weighted by Gasteiger charge is -2.19. The number of aliphatic hydroxyl groups excluding tert-OH is 1. The number of hydrogen-bond donors (Lipinski definition) is 1. The summed E-state index contributed by atoms with van der Waals surface area (Å²) < 4.78 is 2.03. The quantitative estimate of drug-likeness (QED) is 0.824. The minimum Gasteiger partial charge on any atom is -0.392 e. The third kappa shape index (κ3) is 1.41. The maximum Gasteiger partial charge on any atom is 0.0635 e. The predicted octanol–water partition coefficient (Wildman–Crippen LogP) is 1.93. The first-order chi connectivity index (χ1) is 7.03. The van der Waals surface area contributed by atoms with Gasteiger partial charge < -0.3 is 5.11 Å². The number of aromatic nitrogens is 2. The molecule has 0 spiro atoms. The topological polar surface area (TPSA) is 38.0 Å². The minimum atomic E-state index is -0.260. The summed E-state index contributed by atoms with van der Waals surface area (Å²) in [5.41, 5.74) is 3.63. The second kappa shape index (κ2) is 3.34. The Hall–Kier alpha value is -0.830. The van der Waals surface area contributed by atoms with Gasteiger partial charge in [-0.1, -0.05) is 0 Å². The highest BCUT2D eigenvalue weighted by Crippen LogP contribution is 2.52. The fourth-order valence-electron chi connectivity index (χ4n) is 2.74. The third-order valence-corrected chi connectivity index (χ3v) is 3.77. The summed E-state index contributed by atoms with van der Waals surface area (Å²) in [6.07, 6.45) is 1.94. The molecular formula is C12H20N2O. The van der Waals surface area contributed by atoms with E-state index in [1.54, 1.807) is 0 Å². The zero-order valence-corrected chi connectivity index (χ0v) is 10.0. The molecule has 84 valence electrons. The van der Waals surface area contributed by atoms with E-state index in [-0.39, 0.29) is 11.5 Å². The molecule has 1 aliphatic carbocycles. The lowest BCUT2D eigenvalue weighted by molar-refractivity contribution is 0.150. The number of aliphatic hydroxyl groups is 1. The smallest absolute Gasteiger partial charge is 0.0635 e. The zero-order valence-electron chi connectivity index (χ0n) is 10.0. The molecule has 2 rings (SSSR count). The van der Waals surface area contributed by atoms with Gasteiger partial charge >= 0.3 is 0 Å². The van der Waals surface area contributed by atoms with Gasteiger partial charge in [-0.15, -0.1) is 0 Å². The molecule has 0 amide bonds. The van der Waals surface area contributed by atoms with Crippen LogP contribution < -0.4 is 0 Å². The van der Waals surface area contributed by atoms with Crippen LogP contribution >= 0.6 is 0 Å². The Morgan fingerprint density at radius 1 is 1.47 bits per heavy atom. The molecule has 3 nitrogen and oxygen atoms in total. The fraction of sp³-hybridized carbons (Fsp3) is 0.750. The van der Waals surface area contributed by atoms with Gasteiger partial charge in [0, 0.05) is 23.2 Å². The molecule has 1 N–H and O–H groups in total. The molecule has 1 atom stereocenters. The van der Waals surface area contributed by atoms with Crippen molar-refractivity contribution in [1.82, 2.24) is 9.78 Å². The monoisotopic (exact) mass is 208 g/mol. The van der Waals surface area contributed by atoms with Crippen LogP contribution in [0, 0.1) is 13.8 Å². The van der Waals surface area contributed by atoms with Gasteiger partial charge in [-0.3, -0.25) is 4.68 Å². The first-order valence-corrected chi connectivity index (χ1v) is 5.75. The Bertz CT molecular complexity index is 375. The molecule has 1 aromatic rings. The van der Waals surface area contributed by atoms with Gasteiger partial charge in [0.15, 0.2) is 0 Å². The highest BCUT2D eigenvalue weighted by Gasteiger charge is 2.51. The lowest BCUT2D eigenvalue weighted by atomic mass is 9.89. The van der Waals surface area contributed by atoms with Crippen molar-refractivity contribution in [3.05, 3.63) is 17.0 Å². The SMILES string of the molecule is CCn1nc(C)c(C2(C(C)O)CC2)c1C. The molecule has 15 heavy (non-hydrogen) atoms. The van der Waals surface area contributed by atoms with Crippen molar-refractivity contribution in [3.8, 4) is 0 Å². The van der Waals surface area contributed by atoms with Crippen LogP contribution in [0.5, 0.6) is 0 Å². The van der Waals surface area contributed by atoms with Gasteiger partial charge in [0.25, 0.3) is 0 Å². The number of rotatable bonds is 3. The molecule has 0 saturated heterocycles. The summed E-state index contributed by atoms with van der Waals surface area (Å²) in [6.45, 7) is 9.07. The van der Waals surface area contributed by atoms with E-state index in [2.05, 4.69) is 25.9 Å². The van der Waals surface area contributed by atoms with Crippen LogP contribution in [0.4, 0.5) is 0 Å². The van der Waals surface area contributed by atoms with Crippen LogP contribution in [0.25, 0.3) is 0 Å². The maximum absolute atomic E-state index is 9.89. The van der Waals surface area contributed by atoms with Crippen LogP contribution in [-0.4, -0.2) is 21.0 Å². The Morgan fingerprint density at radius 2 is 2.07 bits per heavy atom. The van der Waals surface area contributed by atoms with Crippen LogP contribution in [0.1, 0.15) is 43.6 Å². The van der Waals surface area contributed by atoms with Crippen LogP contribution in [0.2, 0.25) is 0 Å². The van der Waals surface area contributed by atoms with Gasteiger partial charge in [-0.2, -0.15) is 5.10 Å². The van der Waals surface area contributed by atoms with E-state index in [4.69, 9.17) is 0 Å². The molecule has 1 aromatic heterocycles. The average Bonchev–Trinajstić information content (AvgIpc) is 2.90. The van der Waals surface area contributed by atoms with Crippen molar-refractivity contribution >= 4 is 0 Å². The van der Waals surface area contributed by atoms with E-state index in [0.717, 1.165) is 25.1 Å². The van der Waals surface area contributed by atoms with Crippen molar-refractivity contribution < 1.29 is 5.11 Å². The van der Waals surface area contributed by atoms with Gasteiger partial charge in [0.05, 0.1) is 11.8 Å². The number of nitrogens with zero attached hydrogens (tertiary/aromatic N) is 2. The van der Waals surface area contributed by atoms with Gasteiger partial charge in [0.1, 0.15) is 0 Å². The Morgan fingerprint density at radius 3 is 2.40 bits per heavy atom. The highest BCUT2D eigenvalue weighted by atomic mass is 16.3. The van der Waals surface area contributed by atoms with Gasteiger partial charge in [-0.05, 0) is 40.5 Å². The standard InChI is InChI=1S/C12H20N2O/c1-5-14-9(3)11(8(2)13-14)12(6-7-12)10(4)15/h10,15H,5-7H2,1-4H3. The largest absolute Gasteiger partial charge is 0.392 e. The van der Waals surface area contributed by atoms with Crippen molar-refractivity contribution in [2.75, 3.05) is 0 Å². The van der Waals surface area contributed by atoms with Crippen molar-refractivity contribution in [2.24, 2.45) is 0 Å². The molecule has 0 aliphatic heterocycles. The molecule has 0 bridgehead atoms. The van der Waals surface area contributed by atoms with Crippen LogP contribution in [0.15, 0.2) is 0 Å². The Labute approximate surface area is 91.1 Å². The number of hydrogen-bond acceptors (Lipinski definition) is 2. The zero-order chi connectivity index (χ0) is 11.2. The van der Waals surface area contributed by atoms with E-state index < -0.39 is 0 Å². The van der Waals surface area contributed by atoms with Crippen LogP contribution in [-0.2, 0) is 12.0 Å². The summed E-state index contributed by atoms with van der Waals surface area (Å²) in [5, 5.41) is 14.4. The van der Waals surface area contributed by atoms with Gasteiger partial charge in [0.2, 0.25) is 0 Å². The molecular weight excluding hydrogens is 188 g/mol. The summed E-state index contributed by atoms with van der Waals surface area (Å²) in [5.74, 6) is 0. The lowest BCUT2D eigenvalue weighted by Crippen LogP contribution is -2.24. The first-order valence-electron chi connectivity index (χ1n) is 5.75. The molecule has 1 unspecified atom stereocenters. The van der Waals surface area contributed by atoms with E-state index in [0.29, 0.717) is 0 Å². The first kappa shape index (κ1) is 10.7. The average molecular weight is 208 g/mol. The molecule has 1 aliphatic rings. The van der Waals surface area contributed by atoms with Gasteiger partial charge in [-0.25, -0.2) is 0 Å². The van der Waals surface area contributed by atoms with Crippen molar-refractivity contribution in [2.45, 2.75) is 58.6 Å². The van der Waals surface area contributed by atoms with E-state index >= 15 is 0 Å². The molecule has 1 fully saturated rings. The highest BCUT2D eigenvalue weighted by molar-refractivity contribution is 5.39. The van der Waals surface area contributed by atoms with E-state index in [1.807, 2.05) is 11.6 Å². The van der Waals surface area contributed by atoms with E-state index in [1.165, 1.54) is 11.3 Å². The fourth-order valence-corrected chi connectivity index (χ4v) is 2.74. The minimum absolute atomic E-state index is 0.0155. The van der Waals surface area contributed by atoms with Crippen LogP contribution in [0.3, 0.4) is 0 Å². The van der Waals surface area contributed by atoms with Crippen molar-refractivity contribution in [1.29, 1.82) is 0 Å². The normalized spacial score (nSPS) is 20.3. The Kier molecular flexibility index (Phi) is 2.38. The number of aryl methyl sites for hydroxylation is 2. The second-order valence-corrected chi connectivity index (χ2v) is 4.69. The molecule has 0 radical (unpaired) electrons. The van der Waals surface area contributed by atoms with E-state index in [9.17, 15) is 5.11 Å². The summed E-state index contributed by atoms with van der Waals surface area (Å²) in [4.78, 5) is 0. The molecule has 1 saturated carbocycles. The third-order valence-electron chi connectivity index (χ3n) is 3.77. The maximum atomic E-state index is 9.89. The molecule has 1 heterocycles. The summed E-state index contributed by atoms with van der Waals surface area (Å²) >= 11 is 0. The predicted molar refractivity (Wildman–Crippen MR) is 60.0 cm³/mol. The summed E-state index contributed by atoms with van der Waals surface area (Å²) in [6, 6.07) is 0. The Balaban J connectivity index is 2.49. The summed E-state index contributed by atoms with van der Waals surface area (Å²) in [7, 11) is 0.